The van der Waals surface area contributed by atoms with Crippen LogP contribution in [0.25, 0.3) is 0 Å². The Hall–Kier alpha value is -2.31. The highest BCUT2D eigenvalue weighted by Gasteiger charge is 2.25. The molecule has 0 bridgehead atoms. The first-order valence-corrected chi connectivity index (χ1v) is 6.14. The van der Waals surface area contributed by atoms with Gasteiger partial charge >= 0.3 is 5.97 Å². The van der Waals surface area contributed by atoms with Crippen LogP contribution in [0.3, 0.4) is 0 Å². The number of likely N-dealkylation sites (N-methyl/N-ethyl adjacent to an activating group) is 1. The molecule has 0 aliphatic carbocycles. The average Bonchev–Trinajstić information content (AvgIpc) is 2.87. The van der Waals surface area contributed by atoms with Gasteiger partial charge in [-0.1, -0.05) is 13.8 Å². The summed E-state index contributed by atoms with van der Waals surface area (Å²) in [6, 6.07) is 2.08. The van der Waals surface area contributed by atoms with E-state index < -0.39 is 23.8 Å². The van der Waals surface area contributed by atoms with Gasteiger partial charge in [-0.25, -0.2) is 4.79 Å². The first-order valence-electron chi connectivity index (χ1n) is 6.14. The van der Waals surface area contributed by atoms with Gasteiger partial charge in [-0.3, -0.25) is 9.59 Å². The largest absolute Gasteiger partial charge is 0.480 e. The molecule has 1 heterocycles. The summed E-state index contributed by atoms with van der Waals surface area (Å²) in [6.45, 7) is 3.14. The number of nitrogens with one attached hydrogen (secondary N) is 1. The van der Waals surface area contributed by atoms with Gasteiger partial charge in [0.15, 0.2) is 5.76 Å². The molecule has 0 aliphatic heterocycles. The van der Waals surface area contributed by atoms with E-state index in [1.54, 1.807) is 19.9 Å². The lowest BCUT2D eigenvalue weighted by Crippen LogP contribution is -2.48. The lowest BCUT2D eigenvalue weighted by atomic mass is 10.0. The molecule has 110 valence electrons. The van der Waals surface area contributed by atoms with Crippen molar-refractivity contribution in [3.8, 4) is 0 Å². The maximum atomic E-state index is 11.8. The summed E-state index contributed by atoms with van der Waals surface area (Å²) in [5, 5.41) is 11.4. The summed E-state index contributed by atoms with van der Waals surface area (Å²) in [5.74, 6) is -2.20. The van der Waals surface area contributed by atoms with E-state index in [9.17, 15) is 14.4 Å². The lowest BCUT2D eigenvalue weighted by Gasteiger charge is -2.20. The van der Waals surface area contributed by atoms with E-state index >= 15 is 0 Å². The molecule has 1 atom stereocenters. The van der Waals surface area contributed by atoms with Crippen LogP contribution in [-0.4, -0.2) is 47.4 Å². The fourth-order valence-corrected chi connectivity index (χ4v) is 1.61. The lowest BCUT2D eigenvalue weighted by molar-refractivity contribution is -0.143. The summed E-state index contributed by atoms with van der Waals surface area (Å²) in [6.07, 6.45) is 1.36. The Kier molecular flexibility index (Phi) is 5.31. The van der Waals surface area contributed by atoms with Crippen molar-refractivity contribution in [1.29, 1.82) is 0 Å². The number of furan rings is 1. The molecule has 1 aromatic heterocycles. The van der Waals surface area contributed by atoms with Crippen molar-refractivity contribution >= 4 is 17.8 Å². The summed E-state index contributed by atoms with van der Waals surface area (Å²) in [4.78, 5) is 35.7. The summed E-state index contributed by atoms with van der Waals surface area (Å²) in [7, 11) is 1.44. The topological polar surface area (TPSA) is 99.9 Å². The first kappa shape index (κ1) is 15.7. The second-order valence-corrected chi connectivity index (χ2v) is 4.77. The Morgan fingerprint density at radius 3 is 2.50 bits per heavy atom. The minimum absolute atomic E-state index is 0.124. The van der Waals surface area contributed by atoms with Crippen molar-refractivity contribution in [3.05, 3.63) is 24.2 Å². The Bertz CT molecular complexity index is 481. The molecule has 2 N–H and O–H groups in total. The summed E-state index contributed by atoms with van der Waals surface area (Å²) < 4.78 is 4.94. The molecule has 7 nitrogen and oxygen atoms in total. The zero-order valence-corrected chi connectivity index (χ0v) is 11.6. The SMILES string of the molecule is CC(C)C(NC(=O)CN(C)C(=O)c1ccco1)C(=O)O. The van der Waals surface area contributed by atoms with Crippen LogP contribution in [0.15, 0.2) is 22.8 Å². The molecule has 2 amide bonds. The number of aliphatic carboxylic acids is 1. The summed E-state index contributed by atoms with van der Waals surface area (Å²) in [5.41, 5.74) is 0. The Labute approximate surface area is 116 Å². The molecule has 0 spiro atoms. The molecule has 1 rings (SSSR count). The molecule has 0 saturated heterocycles. The highest BCUT2D eigenvalue weighted by atomic mass is 16.4. The highest BCUT2D eigenvalue weighted by molar-refractivity contribution is 5.94. The van der Waals surface area contributed by atoms with E-state index in [0.717, 1.165) is 4.90 Å². The normalized spacial score (nSPS) is 12.0. The molecule has 20 heavy (non-hydrogen) atoms. The smallest absolute Gasteiger partial charge is 0.326 e. The minimum atomic E-state index is -1.10. The Morgan fingerprint density at radius 2 is 2.05 bits per heavy atom. The third-order valence-electron chi connectivity index (χ3n) is 2.71. The monoisotopic (exact) mass is 282 g/mol. The van der Waals surface area contributed by atoms with Gasteiger partial charge in [0.05, 0.1) is 12.8 Å². The van der Waals surface area contributed by atoms with Gasteiger partial charge in [0.1, 0.15) is 6.04 Å². The predicted molar refractivity (Wildman–Crippen MR) is 70.1 cm³/mol. The van der Waals surface area contributed by atoms with Crippen LogP contribution in [0, 0.1) is 5.92 Å². The molecular weight excluding hydrogens is 264 g/mol. The summed E-state index contributed by atoms with van der Waals surface area (Å²) >= 11 is 0. The molecule has 0 radical (unpaired) electrons. The number of nitrogens with zero attached hydrogens (tertiary/aromatic N) is 1. The number of hydrogen-bond donors (Lipinski definition) is 2. The van der Waals surface area contributed by atoms with Gasteiger partial charge in [0.2, 0.25) is 5.91 Å². The van der Waals surface area contributed by atoms with Gasteiger partial charge in [0.25, 0.3) is 5.91 Å². The number of hydrogen-bond acceptors (Lipinski definition) is 4. The number of carbonyl (C=O) groups is 3. The Balaban J connectivity index is 2.57. The molecule has 1 unspecified atom stereocenters. The quantitative estimate of drug-likeness (QED) is 0.795. The number of carboxylic acid groups (broad SMARTS) is 1. The van der Waals surface area contributed by atoms with E-state index in [4.69, 9.17) is 9.52 Å². The molecule has 1 aromatic rings. The zero-order chi connectivity index (χ0) is 15.3. The standard InChI is InChI=1S/C13H18N2O5/c1-8(2)11(13(18)19)14-10(16)7-15(3)12(17)9-5-4-6-20-9/h4-6,8,11H,7H2,1-3H3,(H,14,16)(H,18,19). The maximum Gasteiger partial charge on any atom is 0.326 e. The van der Waals surface area contributed by atoms with Crippen LogP contribution in [-0.2, 0) is 9.59 Å². The van der Waals surface area contributed by atoms with Crippen molar-refractivity contribution in [3.63, 3.8) is 0 Å². The molecule has 0 fully saturated rings. The fraction of sp³-hybridized carbons (Fsp3) is 0.462. The Morgan fingerprint density at radius 1 is 1.40 bits per heavy atom. The van der Waals surface area contributed by atoms with Crippen LogP contribution < -0.4 is 5.32 Å². The van der Waals surface area contributed by atoms with Gasteiger partial charge in [0, 0.05) is 7.05 Å². The number of amides is 2. The molecule has 0 aromatic carbocycles. The number of rotatable bonds is 6. The molecule has 7 heteroatoms. The van der Waals surface area contributed by atoms with Crippen LogP contribution in [0.5, 0.6) is 0 Å². The van der Waals surface area contributed by atoms with Crippen molar-refractivity contribution in [2.45, 2.75) is 19.9 Å². The highest BCUT2D eigenvalue weighted by Crippen LogP contribution is 2.05. The molecule has 0 saturated carbocycles. The van der Waals surface area contributed by atoms with Crippen LogP contribution in [0.1, 0.15) is 24.4 Å². The van der Waals surface area contributed by atoms with Crippen LogP contribution in [0.2, 0.25) is 0 Å². The number of carbonyl (C=O) groups excluding carboxylic acids is 2. The van der Waals surface area contributed by atoms with Gasteiger partial charge in [-0.2, -0.15) is 0 Å². The van der Waals surface area contributed by atoms with Crippen molar-refractivity contribution in [1.82, 2.24) is 10.2 Å². The van der Waals surface area contributed by atoms with Crippen molar-refractivity contribution < 1.29 is 23.9 Å². The van der Waals surface area contributed by atoms with E-state index in [0.29, 0.717) is 0 Å². The third-order valence-corrected chi connectivity index (χ3v) is 2.71. The van der Waals surface area contributed by atoms with Gasteiger partial charge in [-0.05, 0) is 18.1 Å². The second-order valence-electron chi connectivity index (χ2n) is 4.77. The predicted octanol–water partition coefficient (Wildman–Crippen LogP) is 0.577. The van der Waals surface area contributed by atoms with Crippen LogP contribution >= 0.6 is 0 Å². The van der Waals surface area contributed by atoms with E-state index in [1.165, 1.54) is 19.4 Å². The fourth-order valence-electron chi connectivity index (χ4n) is 1.61. The number of carboxylic acids is 1. The van der Waals surface area contributed by atoms with Gasteiger partial charge in [-0.15, -0.1) is 0 Å². The van der Waals surface area contributed by atoms with Crippen molar-refractivity contribution in [2.24, 2.45) is 5.92 Å². The molecular formula is C13H18N2O5. The van der Waals surface area contributed by atoms with Crippen molar-refractivity contribution in [2.75, 3.05) is 13.6 Å². The van der Waals surface area contributed by atoms with E-state index in [2.05, 4.69) is 5.32 Å². The third kappa shape index (κ3) is 4.11. The van der Waals surface area contributed by atoms with Crippen LogP contribution in [0.4, 0.5) is 0 Å². The average molecular weight is 282 g/mol. The van der Waals surface area contributed by atoms with E-state index in [1.807, 2.05) is 0 Å². The maximum absolute atomic E-state index is 11.8. The van der Waals surface area contributed by atoms with E-state index in [-0.39, 0.29) is 18.2 Å². The van der Waals surface area contributed by atoms with Gasteiger partial charge < -0.3 is 19.7 Å². The molecule has 0 aliphatic rings. The zero-order valence-electron chi connectivity index (χ0n) is 11.6. The minimum Gasteiger partial charge on any atom is -0.480 e. The second kappa shape index (κ2) is 6.74. The first-order chi connectivity index (χ1) is 9.32.